The molecule has 1 aliphatic rings. The molecule has 0 amide bonds. The van der Waals surface area contributed by atoms with Crippen molar-refractivity contribution in [3.8, 4) is 0 Å². The molecule has 0 aromatic carbocycles. The Labute approximate surface area is 69.7 Å². The summed E-state index contributed by atoms with van der Waals surface area (Å²) >= 11 is 0. The van der Waals surface area contributed by atoms with E-state index in [1.165, 1.54) is 30.4 Å². The Morgan fingerprint density at radius 2 is 2.18 bits per heavy atom. The third-order valence-corrected chi connectivity index (χ3v) is 2.53. The lowest BCUT2D eigenvalue weighted by Crippen LogP contribution is -2.48. The van der Waals surface area contributed by atoms with Gasteiger partial charge in [0.15, 0.2) is 0 Å². The van der Waals surface area contributed by atoms with Crippen LogP contribution in [-0.2, 0) is 4.74 Å². The highest BCUT2D eigenvalue weighted by molar-refractivity contribution is 4.62. The zero-order chi connectivity index (χ0) is 8.32. The van der Waals surface area contributed by atoms with Crippen molar-refractivity contribution in [1.82, 2.24) is 0 Å². The van der Waals surface area contributed by atoms with Gasteiger partial charge in [0.1, 0.15) is 0 Å². The van der Waals surface area contributed by atoms with E-state index in [1.807, 2.05) is 0 Å². The summed E-state index contributed by atoms with van der Waals surface area (Å²) in [5, 5.41) is 0. The van der Waals surface area contributed by atoms with Gasteiger partial charge in [-0.2, -0.15) is 0 Å². The number of rotatable bonds is 2. The predicted octanol–water partition coefficient (Wildman–Crippen LogP) is 1.12. The fourth-order valence-corrected chi connectivity index (χ4v) is 2.06. The van der Waals surface area contributed by atoms with Gasteiger partial charge in [0.2, 0.25) is 0 Å². The van der Waals surface area contributed by atoms with Crippen LogP contribution in [0.15, 0.2) is 0 Å². The van der Waals surface area contributed by atoms with E-state index in [0.29, 0.717) is 0 Å². The van der Waals surface area contributed by atoms with E-state index in [4.69, 9.17) is 4.74 Å². The first-order valence-corrected chi connectivity index (χ1v) is 4.45. The minimum Gasteiger partial charge on any atom is -0.384 e. The number of ether oxygens (including phenoxy) is 1. The zero-order valence-corrected chi connectivity index (χ0v) is 7.97. The van der Waals surface area contributed by atoms with Gasteiger partial charge >= 0.3 is 0 Å². The summed E-state index contributed by atoms with van der Waals surface area (Å²) in [4.78, 5) is 0. The first kappa shape index (κ1) is 9.01. The van der Waals surface area contributed by atoms with Gasteiger partial charge in [-0.1, -0.05) is 0 Å². The van der Waals surface area contributed by atoms with Crippen LogP contribution in [0, 0.1) is 5.92 Å². The number of piperidine rings is 1. The Morgan fingerprint density at radius 1 is 1.45 bits per heavy atom. The molecule has 0 aromatic rings. The molecule has 1 saturated heterocycles. The summed E-state index contributed by atoms with van der Waals surface area (Å²) in [6, 6.07) is 0. The molecule has 2 nitrogen and oxygen atoms in total. The van der Waals surface area contributed by atoms with Gasteiger partial charge in [0.25, 0.3) is 0 Å². The summed E-state index contributed by atoms with van der Waals surface area (Å²) in [6.45, 7) is 3.57. The van der Waals surface area contributed by atoms with Crippen LogP contribution in [0.4, 0.5) is 0 Å². The van der Waals surface area contributed by atoms with Gasteiger partial charge in [0.05, 0.1) is 33.8 Å². The van der Waals surface area contributed by atoms with E-state index in [9.17, 15) is 0 Å². The number of quaternary nitrogens is 1. The topological polar surface area (TPSA) is 9.23 Å². The quantitative estimate of drug-likeness (QED) is 0.547. The van der Waals surface area contributed by atoms with Crippen LogP contribution in [-0.4, -0.2) is 45.4 Å². The van der Waals surface area contributed by atoms with Crippen molar-refractivity contribution < 1.29 is 9.22 Å². The van der Waals surface area contributed by atoms with Crippen molar-refractivity contribution in [3.63, 3.8) is 0 Å². The predicted molar refractivity (Wildman–Crippen MR) is 46.4 cm³/mol. The Morgan fingerprint density at radius 3 is 2.73 bits per heavy atom. The molecule has 11 heavy (non-hydrogen) atoms. The molecule has 1 rings (SSSR count). The molecule has 2 heteroatoms. The van der Waals surface area contributed by atoms with E-state index in [2.05, 4.69) is 14.1 Å². The maximum absolute atomic E-state index is 5.16. The first-order valence-electron chi connectivity index (χ1n) is 4.45. The molecular weight excluding hydrogens is 138 g/mol. The van der Waals surface area contributed by atoms with E-state index in [-0.39, 0.29) is 0 Å². The summed E-state index contributed by atoms with van der Waals surface area (Å²) in [5.74, 6) is 0.795. The molecule has 0 spiro atoms. The van der Waals surface area contributed by atoms with Crippen LogP contribution < -0.4 is 0 Å². The maximum atomic E-state index is 5.16. The SMILES string of the molecule is COCC1CCC[N+](C)(C)C1. The number of methoxy groups -OCH3 is 1. The van der Waals surface area contributed by atoms with Crippen LogP contribution in [0.1, 0.15) is 12.8 Å². The second-order valence-electron chi connectivity index (χ2n) is 4.31. The molecular formula is C9H20NO+. The lowest BCUT2D eigenvalue weighted by Gasteiger charge is -2.37. The van der Waals surface area contributed by atoms with Gasteiger partial charge in [-0.25, -0.2) is 0 Å². The van der Waals surface area contributed by atoms with E-state index < -0.39 is 0 Å². The fraction of sp³-hybridized carbons (Fsp3) is 1.00. The monoisotopic (exact) mass is 158 g/mol. The third kappa shape index (κ3) is 2.80. The van der Waals surface area contributed by atoms with Gasteiger partial charge in [0, 0.05) is 13.0 Å². The molecule has 1 fully saturated rings. The summed E-state index contributed by atoms with van der Waals surface area (Å²) in [6.07, 6.45) is 2.72. The molecule has 1 unspecified atom stereocenters. The average Bonchev–Trinajstić information content (AvgIpc) is 1.85. The molecule has 0 radical (unpaired) electrons. The standard InChI is InChI=1S/C9H20NO/c1-10(2)6-4-5-9(7-10)8-11-3/h9H,4-8H2,1-3H3/q+1. The number of likely N-dealkylation sites (tertiary alicyclic amines) is 1. The van der Waals surface area contributed by atoms with E-state index >= 15 is 0 Å². The van der Waals surface area contributed by atoms with Crippen molar-refractivity contribution in [3.05, 3.63) is 0 Å². The molecule has 1 heterocycles. The highest BCUT2D eigenvalue weighted by Gasteiger charge is 2.26. The highest BCUT2D eigenvalue weighted by atomic mass is 16.5. The zero-order valence-electron chi connectivity index (χ0n) is 7.97. The number of nitrogens with zero attached hydrogens (tertiary/aromatic N) is 1. The molecule has 0 aromatic heterocycles. The van der Waals surface area contributed by atoms with Crippen molar-refractivity contribution in [1.29, 1.82) is 0 Å². The summed E-state index contributed by atoms with van der Waals surface area (Å²) in [5.41, 5.74) is 0. The minimum absolute atomic E-state index is 0.795. The van der Waals surface area contributed by atoms with E-state index in [0.717, 1.165) is 12.5 Å². The van der Waals surface area contributed by atoms with Gasteiger partial charge in [-0.05, 0) is 12.8 Å². The van der Waals surface area contributed by atoms with Crippen LogP contribution in [0.2, 0.25) is 0 Å². The number of hydrogen-bond acceptors (Lipinski definition) is 1. The fourth-order valence-electron chi connectivity index (χ4n) is 2.06. The molecule has 0 bridgehead atoms. The summed E-state index contributed by atoms with van der Waals surface area (Å²) in [7, 11) is 6.41. The average molecular weight is 158 g/mol. The summed E-state index contributed by atoms with van der Waals surface area (Å²) < 4.78 is 6.34. The molecule has 0 aliphatic carbocycles. The van der Waals surface area contributed by atoms with Gasteiger partial charge in [-0.3, -0.25) is 0 Å². The van der Waals surface area contributed by atoms with Crippen LogP contribution in [0.25, 0.3) is 0 Å². The van der Waals surface area contributed by atoms with Gasteiger partial charge in [-0.15, -0.1) is 0 Å². The number of hydrogen-bond donors (Lipinski definition) is 0. The Kier molecular flexibility index (Phi) is 2.90. The normalized spacial score (nSPS) is 30.3. The van der Waals surface area contributed by atoms with Crippen molar-refractivity contribution >= 4 is 0 Å². The van der Waals surface area contributed by atoms with Crippen molar-refractivity contribution in [2.75, 3.05) is 40.9 Å². The van der Waals surface area contributed by atoms with Crippen molar-refractivity contribution in [2.45, 2.75) is 12.8 Å². The highest BCUT2D eigenvalue weighted by Crippen LogP contribution is 2.19. The third-order valence-electron chi connectivity index (χ3n) is 2.53. The molecule has 66 valence electrons. The second-order valence-corrected chi connectivity index (χ2v) is 4.31. The smallest absolute Gasteiger partial charge is 0.0833 e. The van der Waals surface area contributed by atoms with Gasteiger partial charge < -0.3 is 9.22 Å². The maximum Gasteiger partial charge on any atom is 0.0833 e. The van der Waals surface area contributed by atoms with Crippen LogP contribution in [0.3, 0.4) is 0 Å². The van der Waals surface area contributed by atoms with Crippen LogP contribution in [0.5, 0.6) is 0 Å². The Balaban J connectivity index is 2.34. The lowest BCUT2D eigenvalue weighted by molar-refractivity contribution is -0.898. The molecule has 1 aliphatic heterocycles. The molecule has 0 N–H and O–H groups in total. The Hall–Kier alpha value is -0.0800. The van der Waals surface area contributed by atoms with Crippen molar-refractivity contribution in [2.24, 2.45) is 5.92 Å². The molecule has 0 saturated carbocycles. The minimum atomic E-state index is 0.795. The lowest BCUT2D eigenvalue weighted by atomic mass is 9.98. The Bertz CT molecular complexity index is 121. The largest absolute Gasteiger partial charge is 0.384 e. The second kappa shape index (κ2) is 3.55. The first-order chi connectivity index (χ1) is 5.14. The van der Waals surface area contributed by atoms with E-state index in [1.54, 1.807) is 7.11 Å². The van der Waals surface area contributed by atoms with Crippen LogP contribution >= 0.6 is 0 Å². The molecule has 1 atom stereocenters.